The minimum atomic E-state index is -3.12. The molecule has 0 amide bonds. The molecule has 2 N–H and O–H groups in total. The molecule has 1 aromatic heterocycles. The molecular formula is C20H27FN4O2S. The Bertz CT molecular complexity index is 866. The van der Waals surface area contributed by atoms with Crippen LogP contribution in [0.4, 0.5) is 10.2 Å². The summed E-state index contributed by atoms with van der Waals surface area (Å²) in [6.07, 6.45) is 3.90. The summed E-state index contributed by atoms with van der Waals surface area (Å²) in [5.41, 5.74) is 2.19. The van der Waals surface area contributed by atoms with Crippen LogP contribution in [0.1, 0.15) is 38.2 Å². The van der Waals surface area contributed by atoms with Gasteiger partial charge in [-0.25, -0.2) is 17.5 Å². The van der Waals surface area contributed by atoms with Crippen molar-refractivity contribution in [1.82, 2.24) is 14.9 Å². The molecular weight excluding hydrogens is 379 g/mol. The Balaban J connectivity index is 1.50. The standard InChI is InChI=1S/C20H27FN4O2S/c1-2-28(26,27)22-14-15-6-8-18(9-7-15)23-20-11-10-19(24-25-20)17-5-3-4-16(12-17)13-21/h3-5,10-12,15,18,22H,2,6-9,13-14H2,1H3,(H,23,25). The summed E-state index contributed by atoms with van der Waals surface area (Å²) < 4.78 is 38.6. The third kappa shape index (κ3) is 5.72. The highest BCUT2D eigenvalue weighted by Crippen LogP contribution is 2.26. The van der Waals surface area contributed by atoms with E-state index in [0.29, 0.717) is 29.8 Å². The van der Waals surface area contributed by atoms with Gasteiger partial charge in [-0.2, -0.15) is 0 Å². The fraction of sp³-hybridized carbons (Fsp3) is 0.500. The maximum absolute atomic E-state index is 12.8. The predicted molar refractivity (Wildman–Crippen MR) is 109 cm³/mol. The number of halogens is 1. The maximum atomic E-state index is 12.8. The van der Waals surface area contributed by atoms with Crippen molar-refractivity contribution in [3.63, 3.8) is 0 Å². The molecule has 0 aliphatic heterocycles. The van der Waals surface area contributed by atoms with Crippen LogP contribution >= 0.6 is 0 Å². The van der Waals surface area contributed by atoms with E-state index in [9.17, 15) is 12.8 Å². The molecule has 28 heavy (non-hydrogen) atoms. The largest absolute Gasteiger partial charge is 0.366 e. The molecule has 0 unspecified atom stereocenters. The summed E-state index contributed by atoms with van der Waals surface area (Å²) >= 11 is 0. The van der Waals surface area contributed by atoms with Crippen molar-refractivity contribution in [3.05, 3.63) is 42.0 Å². The Kier molecular flexibility index (Phi) is 6.96. The molecule has 1 heterocycles. The molecule has 1 aromatic carbocycles. The lowest BCUT2D eigenvalue weighted by molar-refractivity contribution is 0.337. The molecule has 0 atom stereocenters. The van der Waals surface area contributed by atoms with Crippen LogP contribution in [0, 0.1) is 5.92 Å². The van der Waals surface area contributed by atoms with Gasteiger partial charge in [0.1, 0.15) is 12.5 Å². The van der Waals surface area contributed by atoms with Crippen LogP contribution in [0.25, 0.3) is 11.3 Å². The maximum Gasteiger partial charge on any atom is 0.211 e. The fourth-order valence-electron chi connectivity index (χ4n) is 3.44. The van der Waals surface area contributed by atoms with Crippen molar-refractivity contribution < 1.29 is 12.8 Å². The van der Waals surface area contributed by atoms with Gasteiger partial charge in [-0.3, -0.25) is 0 Å². The van der Waals surface area contributed by atoms with Crippen LogP contribution in [0.2, 0.25) is 0 Å². The summed E-state index contributed by atoms with van der Waals surface area (Å²) in [5.74, 6) is 1.23. The Labute approximate surface area is 166 Å². The third-order valence-electron chi connectivity index (χ3n) is 5.21. The van der Waals surface area contributed by atoms with Gasteiger partial charge in [0, 0.05) is 18.2 Å². The molecule has 8 heteroatoms. The summed E-state index contributed by atoms with van der Waals surface area (Å²) in [7, 11) is -3.12. The van der Waals surface area contributed by atoms with Crippen molar-refractivity contribution in [2.24, 2.45) is 5.92 Å². The smallest absolute Gasteiger partial charge is 0.211 e. The lowest BCUT2D eigenvalue weighted by atomic mass is 9.86. The van der Waals surface area contributed by atoms with Gasteiger partial charge in [0.2, 0.25) is 10.0 Å². The van der Waals surface area contributed by atoms with Crippen LogP contribution in [0.5, 0.6) is 0 Å². The molecule has 2 aromatic rings. The first-order valence-electron chi connectivity index (χ1n) is 9.72. The minimum Gasteiger partial charge on any atom is -0.366 e. The van der Waals surface area contributed by atoms with E-state index < -0.39 is 16.7 Å². The topological polar surface area (TPSA) is 84.0 Å². The van der Waals surface area contributed by atoms with E-state index in [0.717, 1.165) is 37.1 Å². The number of rotatable bonds is 8. The van der Waals surface area contributed by atoms with Crippen molar-refractivity contribution in [3.8, 4) is 11.3 Å². The highest BCUT2D eigenvalue weighted by molar-refractivity contribution is 7.89. The predicted octanol–water partition coefficient (Wildman–Crippen LogP) is 3.52. The summed E-state index contributed by atoms with van der Waals surface area (Å²) in [4.78, 5) is 0. The van der Waals surface area contributed by atoms with Crippen molar-refractivity contribution in [2.45, 2.75) is 45.3 Å². The van der Waals surface area contributed by atoms with Crippen molar-refractivity contribution in [2.75, 3.05) is 17.6 Å². The first kappa shape index (κ1) is 20.7. The Hall–Kier alpha value is -2.06. The number of hydrogen-bond acceptors (Lipinski definition) is 5. The lowest BCUT2D eigenvalue weighted by Gasteiger charge is -2.29. The summed E-state index contributed by atoms with van der Waals surface area (Å²) in [5, 5.41) is 11.9. The van der Waals surface area contributed by atoms with Gasteiger partial charge >= 0.3 is 0 Å². The number of aromatic nitrogens is 2. The van der Waals surface area contributed by atoms with Crippen LogP contribution in [0.3, 0.4) is 0 Å². The van der Waals surface area contributed by atoms with E-state index in [1.807, 2.05) is 24.3 Å². The van der Waals surface area contributed by atoms with E-state index in [4.69, 9.17) is 0 Å². The Morgan fingerprint density at radius 1 is 1.11 bits per heavy atom. The van der Waals surface area contributed by atoms with Crippen molar-refractivity contribution >= 4 is 15.8 Å². The zero-order valence-electron chi connectivity index (χ0n) is 16.1. The molecule has 0 radical (unpaired) electrons. The van der Waals surface area contributed by atoms with Crippen LogP contribution in [-0.4, -0.2) is 37.0 Å². The van der Waals surface area contributed by atoms with Gasteiger partial charge < -0.3 is 5.32 Å². The first-order chi connectivity index (χ1) is 13.5. The van der Waals surface area contributed by atoms with E-state index in [1.165, 1.54) is 0 Å². The lowest BCUT2D eigenvalue weighted by Crippen LogP contribution is -2.34. The molecule has 0 spiro atoms. The zero-order valence-corrected chi connectivity index (χ0v) is 16.9. The molecule has 6 nitrogen and oxygen atoms in total. The number of hydrogen-bond donors (Lipinski definition) is 2. The number of nitrogens with one attached hydrogen (secondary N) is 2. The quantitative estimate of drug-likeness (QED) is 0.701. The normalized spacial score (nSPS) is 20.1. The Morgan fingerprint density at radius 3 is 2.54 bits per heavy atom. The van der Waals surface area contributed by atoms with Gasteiger partial charge in [0.15, 0.2) is 0 Å². The van der Waals surface area contributed by atoms with Crippen LogP contribution in [-0.2, 0) is 16.7 Å². The van der Waals surface area contributed by atoms with E-state index in [-0.39, 0.29) is 5.75 Å². The monoisotopic (exact) mass is 406 g/mol. The molecule has 1 fully saturated rings. The second-order valence-corrected chi connectivity index (χ2v) is 9.35. The van der Waals surface area contributed by atoms with Gasteiger partial charge in [0.05, 0.1) is 11.4 Å². The number of sulfonamides is 1. The molecule has 1 aliphatic carbocycles. The molecule has 152 valence electrons. The van der Waals surface area contributed by atoms with Crippen LogP contribution in [0.15, 0.2) is 36.4 Å². The Morgan fingerprint density at radius 2 is 1.89 bits per heavy atom. The van der Waals surface area contributed by atoms with E-state index in [1.54, 1.807) is 19.1 Å². The third-order valence-corrected chi connectivity index (χ3v) is 6.58. The number of anilines is 1. The average Bonchev–Trinajstić information content (AvgIpc) is 2.74. The molecule has 0 saturated heterocycles. The highest BCUT2D eigenvalue weighted by Gasteiger charge is 2.22. The van der Waals surface area contributed by atoms with Gasteiger partial charge in [-0.1, -0.05) is 18.2 Å². The molecule has 1 saturated carbocycles. The van der Waals surface area contributed by atoms with Gasteiger partial charge in [0.25, 0.3) is 0 Å². The first-order valence-corrected chi connectivity index (χ1v) is 11.4. The number of alkyl halides is 1. The molecule has 1 aliphatic rings. The van der Waals surface area contributed by atoms with Gasteiger partial charge in [-0.05, 0) is 62.3 Å². The second-order valence-electron chi connectivity index (χ2n) is 7.25. The second kappa shape index (κ2) is 9.43. The highest BCUT2D eigenvalue weighted by atomic mass is 32.2. The average molecular weight is 407 g/mol. The van der Waals surface area contributed by atoms with Gasteiger partial charge in [-0.15, -0.1) is 10.2 Å². The van der Waals surface area contributed by atoms with E-state index >= 15 is 0 Å². The SMILES string of the molecule is CCS(=O)(=O)NCC1CCC(Nc2ccc(-c3cccc(CF)c3)nn2)CC1. The van der Waals surface area contributed by atoms with E-state index in [2.05, 4.69) is 20.2 Å². The fourth-order valence-corrected chi connectivity index (χ4v) is 4.14. The number of benzene rings is 1. The van der Waals surface area contributed by atoms with Crippen molar-refractivity contribution in [1.29, 1.82) is 0 Å². The zero-order chi connectivity index (χ0) is 20.0. The van der Waals surface area contributed by atoms with Crippen LogP contribution < -0.4 is 10.0 Å². The molecule has 0 bridgehead atoms. The minimum absolute atomic E-state index is 0.122. The molecule has 3 rings (SSSR count). The summed E-state index contributed by atoms with van der Waals surface area (Å²) in [6, 6.07) is 11.3. The number of nitrogens with zero attached hydrogens (tertiary/aromatic N) is 2. The summed E-state index contributed by atoms with van der Waals surface area (Å²) in [6.45, 7) is 1.67.